The molecule has 2 aliphatic rings. The number of anilines is 2. The minimum absolute atomic E-state index is 0.0280. The summed E-state index contributed by atoms with van der Waals surface area (Å²) in [5, 5.41) is 5.99. The number of amides is 2. The van der Waals surface area contributed by atoms with Crippen molar-refractivity contribution >= 4 is 34.8 Å². The van der Waals surface area contributed by atoms with E-state index in [0.717, 1.165) is 37.2 Å². The SMILES string of the molecule is Cc1ccc(Cl)cc1NC(=O)C(=O)NC[C@H](c1ccc2c(c1)CCN2C)N1CCOCC1. The van der Waals surface area contributed by atoms with Crippen LogP contribution >= 0.6 is 11.6 Å². The van der Waals surface area contributed by atoms with Crippen LogP contribution in [-0.4, -0.2) is 63.2 Å². The average molecular weight is 457 g/mol. The zero-order valence-corrected chi connectivity index (χ0v) is 19.2. The second-order valence-corrected chi connectivity index (χ2v) is 8.78. The number of nitrogens with one attached hydrogen (secondary N) is 2. The predicted molar refractivity (Wildman–Crippen MR) is 126 cm³/mol. The molecule has 0 unspecified atom stereocenters. The van der Waals surface area contributed by atoms with Gasteiger partial charge in [0.25, 0.3) is 0 Å². The summed E-state index contributed by atoms with van der Waals surface area (Å²) >= 11 is 6.02. The standard InChI is InChI=1S/C24H29ClN4O3/c1-16-3-5-19(25)14-20(16)27-24(31)23(30)26-15-22(29-9-11-32-12-10-29)17-4-6-21-18(13-17)7-8-28(21)2/h3-6,13-14,22H,7-12,15H2,1-2H3,(H,26,30)(H,27,31)/t22-/m1/s1. The molecule has 0 saturated carbocycles. The number of rotatable bonds is 5. The van der Waals surface area contributed by atoms with E-state index in [1.54, 1.807) is 18.2 Å². The molecule has 2 heterocycles. The third kappa shape index (κ3) is 5.06. The highest BCUT2D eigenvalue weighted by molar-refractivity contribution is 6.40. The van der Waals surface area contributed by atoms with Gasteiger partial charge in [0.1, 0.15) is 0 Å². The Labute approximate surface area is 193 Å². The Kier molecular flexibility index (Phi) is 6.98. The number of nitrogens with zero attached hydrogens (tertiary/aromatic N) is 2. The van der Waals surface area contributed by atoms with E-state index in [-0.39, 0.29) is 6.04 Å². The molecule has 2 aromatic rings. The number of likely N-dealkylation sites (N-methyl/N-ethyl adjacent to an activating group) is 1. The highest BCUT2D eigenvalue weighted by atomic mass is 35.5. The molecule has 1 atom stereocenters. The molecule has 2 aromatic carbocycles. The monoisotopic (exact) mass is 456 g/mol. The van der Waals surface area contributed by atoms with Crippen LogP contribution in [0.2, 0.25) is 5.02 Å². The topological polar surface area (TPSA) is 73.9 Å². The lowest BCUT2D eigenvalue weighted by atomic mass is 10.0. The van der Waals surface area contributed by atoms with Gasteiger partial charge in [0.15, 0.2) is 0 Å². The lowest BCUT2D eigenvalue weighted by molar-refractivity contribution is -0.136. The lowest BCUT2D eigenvalue weighted by Crippen LogP contribution is -2.45. The quantitative estimate of drug-likeness (QED) is 0.677. The van der Waals surface area contributed by atoms with Gasteiger partial charge in [-0.1, -0.05) is 29.8 Å². The van der Waals surface area contributed by atoms with Crippen molar-refractivity contribution in [2.24, 2.45) is 0 Å². The van der Waals surface area contributed by atoms with Gasteiger partial charge in [-0.05, 0) is 48.2 Å². The molecule has 2 aliphatic heterocycles. The molecule has 2 N–H and O–H groups in total. The predicted octanol–water partition coefficient (Wildman–Crippen LogP) is 2.77. The molecule has 2 amide bonds. The van der Waals surface area contributed by atoms with Crippen molar-refractivity contribution < 1.29 is 14.3 Å². The minimum atomic E-state index is -0.702. The Balaban J connectivity index is 1.46. The van der Waals surface area contributed by atoms with Gasteiger partial charge in [-0.3, -0.25) is 14.5 Å². The summed E-state index contributed by atoms with van der Waals surface area (Å²) in [5.41, 5.74) is 5.10. The number of morpholine rings is 1. The fourth-order valence-electron chi connectivity index (χ4n) is 4.32. The molecule has 0 aliphatic carbocycles. The molecule has 7 nitrogen and oxygen atoms in total. The fraction of sp³-hybridized carbons (Fsp3) is 0.417. The summed E-state index contributed by atoms with van der Waals surface area (Å²) in [5.74, 6) is -1.37. The maximum Gasteiger partial charge on any atom is 0.313 e. The van der Waals surface area contributed by atoms with Crippen molar-refractivity contribution in [3.63, 3.8) is 0 Å². The van der Waals surface area contributed by atoms with Crippen LogP contribution < -0.4 is 15.5 Å². The van der Waals surface area contributed by atoms with Gasteiger partial charge < -0.3 is 20.3 Å². The van der Waals surface area contributed by atoms with Crippen LogP contribution in [0.3, 0.4) is 0 Å². The fourth-order valence-corrected chi connectivity index (χ4v) is 4.49. The Bertz CT molecular complexity index is 1010. The van der Waals surface area contributed by atoms with Crippen molar-refractivity contribution in [2.45, 2.75) is 19.4 Å². The van der Waals surface area contributed by atoms with E-state index in [1.165, 1.54) is 11.3 Å². The summed E-state index contributed by atoms with van der Waals surface area (Å²) < 4.78 is 5.51. The molecule has 0 aromatic heterocycles. The Hall–Kier alpha value is -2.61. The van der Waals surface area contributed by atoms with E-state index < -0.39 is 11.8 Å². The number of aryl methyl sites for hydroxylation is 1. The minimum Gasteiger partial charge on any atom is -0.379 e. The van der Waals surface area contributed by atoms with Gasteiger partial charge in [-0.25, -0.2) is 0 Å². The van der Waals surface area contributed by atoms with E-state index in [4.69, 9.17) is 16.3 Å². The van der Waals surface area contributed by atoms with Crippen molar-refractivity contribution in [2.75, 3.05) is 56.7 Å². The normalized spacial score (nSPS) is 17.0. The third-order valence-corrected chi connectivity index (χ3v) is 6.45. The van der Waals surface area contributed by atoms with Crippen molar-refractivity contribution in [3.05, 3.63) is 58.1 Å². The number of carbonyl (C=O) groups is 2. The number of benzene rings is 2. The second kappa shape index (κ2) is 9.90. The highest BCUT2D eigenvalue weighted by Gasteiger charge is 2.26. The molecule has 0 bridgehead atoms. The summed E-state index contributed by atoms with van der Waals surface area (Å²) in [6.45, 7) is 6.09. The summed E-state index contributed by atoms with van der Waals surface area (Å²) in [7, 11) is 2.10. The van der Waals surface area contributed by atoms with E-state index in [2.05, 4.69) is 45.7 Å². The van der Waals surface area contributed by atoms with Crippen LogP contribution in [0, 0.1) is 6.92 Å². The third-order valence-electron chi connectivity index (χ3n) is 6.21. The van der Waals surface area contributed by atoms with Gasteiger partial charge in [-0.2, -0.15) is 0 Å². The Morgan fingerprint density at radius 2 is 1.88 bits per heavy atom. The maximum atomic E-state index is 12.6. The van der Waals surface area contributed by atoms with Gasteiger partial charge in [0.05, 0.1) is 19.3 Å². The molecule has 8 heteroatoms. The van der Waals surface area contributed by atoms with E-state index in [0.29, 0.717) is 30.5 Å². The molecule has 1 saturated heterocycles. The largest absolute Gasteiger partial charge is 0.379 e. The van der Waals surface area contributed by atoms with Crippen LogP contribution in [0.25, 0.3) is 0 Å². The molecule has 1 fully saturated rings. The molecular weight excluding hydrogens is 428 g/mol. The van der Waals surface area contributed by atoms with Gasteiger partial charge in [0.2, 0.25) is 0 Å². The number of hydrogen-bond donors (Lipinski definition) is 2. The van der Waals surface area contributed by atoms with Crippen LogP contribution in [0.15, 0.2) is 36.4 Å². The van der Waals surface area contributed by atoms with Crippen molar-refractivity contribution in [3.8, 4) is 0 Å². The van der Waals surface area contributed by atoms with E-state index in [1.807, 2.05) is 6.92 Å². The van der Waals surface area contributed by atoms with Crippen molar-refractivity contribution in [1.82, 2.24) is 10.2 Å². The Morgan fingerprint density at radius 3 is 2.66 bits per heavy atom. The van der Waals surface area contributed by atoms with E-state index in [9.17, 15) is 9.59 Å². The Morgan fingerprint density at radius 1 is 1.09 bits per heavy atom. The van der Waals surface area contributed by atoms with Crippen molar-refractivity contribution in [1.29, 1.82) is 0 Å². The first-order valence-electron chi connectivity index (χ1n) is 10.9. The van der Waals surface area contributed by atoms with Gasteiger partial charge in [0, 0.05) is 49.6 Å². The lowest BCUT2D eigenvalue weighted by Gasteiger charge is -2.35. The number of ether oxygens (including phenoxy) is 1. The molecule has 0 spiro atoms. The number of hydrogen-bond acceptors (Lipinski definition) is 5. The number of halogens is 1. The number of fused-ring (bicyclic) bond motifs is 1. The van der Waals surface area contributed by atoms with Gasteiger partial charge >= 0.3 is 11.8 Å². The first kappa shape index (κ1) is 22.6. The summed E-state index contributed by atoms with van der Waals surface area (Å²) in [6.07, 6.45) is 1.02. The van der Waals surface area contributed by atoms with E-state index >= 15 is 0 Å². The maximum absolute atomic E-state index is 12.6. The highest BCUT2D eigenvalue weighted by Crippen LogP contribution is 2.31. The second-order valence-electron chi connectivity index (χ2n) is 8.35. The van der Waals surface area contributed by atoms with Crippen LogP contribution in [0.5, 0.6) is 0 Å². The van der Waals surface area contributed by atoms with Crippen LogP contribution in [-0.2, 0) is 20.7 Å². The summed E-state index contributed by atoms with van der Waals surface area (Å²) in [6, 6.07) is 11.7. The summed E-state index contributed by atoms with van der Waals surface area (Å²) in [4.78, 5) is 29.6. The zero-order chi connectivity index (χ0) is 22.7. The molecular formula is C24H29ClN4O3. The van der Waals surface area contributed by atoms with Crippen LogP contribution in [0.1, 0.15) is 22.7 Å². The first-order chi connectivity index (χ1) is 15.4. The smallest absolute Gasteiger partial charge is 0.313 e. The molecule has 4 rings (SSSR count). The average Bonchev–Trinajstić information content (AvgIpc) is 3.17. The van der Waals surface area contributed by atoms with Crippen LogP contribution in [0.4, 0.5) is 11.4 Å². The first-order valence-corrected chi connectivity index (χ1v) is 11.3. The van der Waals surface area contributed by atoms with Gasteiger partial charge in [-0.15, -0.1) is 0 Å². The molecule has 32 heavy (non-hydrogen) atoms. The molecule has 170 valence electrons. The number of carbonyl (C=O) groups excluding carboxylic acids is 2. The molecule has 0 radical (unpaired) electrons. The zero-order valence-electron chi connectivity index (χ0n) is 18.5.